The zero-order valence-electron chi connectivity index (χ0n) is 17.3. The summed E-state index contributed by atoms with van der Waals surface area (Å²) in [7, 11) is 0. The molecular formula is C26H27ClO4. The number of rotatable bonds is 11. The fourth-order valence-electron chi connectivity index (χ4n) is 3.43. The number of benzene rings is 3. The third kappa shape index (κ3) is 6.59. The van der Waals surface area contributed by atoms with Crippen molar-refractivity contribution in [3.05, 3.63) is 95.6 Å². The number of aliphatic hydroxyl groups excluding tert-OH is 1. The van der Waals surface area contributed by atoms with Gasteiger partial charge >= 0.3 is 0 Å². The van der Waals surface area contributed by atoms with Crippen LogP contribution >= 0.6 is 11.6 Å². The maximum Gasteiger partial charge on any atom is 0.119 e. The lowest BCUT2D eigenvalue weighted by Crippen LogP contribution is -2.09. The molecule has 0 fully saturated rings. The molecule has 31 heavy (non-hydrogen) atoms. The summed E-state index contributed by atoms with van der Waals surface area (Å²) < 4.78 is 10.9. The number of hydrogen-bond donors (Lipinski definition) is 2. The lowest BCUT2D eigenvalue weighted by Gasteiger charge is -2.17. The van der Waals surface area contributed by atoms with Crippen LogP contribution in [0.25, 0.3) is 11.1 Å². The molecule has 0 saturated heterocycles. The van der Waals surface area contributed by atoms with Gasteiger partial charge in [0.15, 0.2) is 0 Å². The first-order chi connectivity index (χ1) is 15.2. The fourth-order valence-corrected chi connectivity index (χ4v) is 3.62. The van der Waals surface area contributed by atoms with E-state index in [2.05, 4.69) is 12.1 Å². The zero-order chi connectivity index (χ0) is 21.9. The second-order valence-electron chi connectivity index (χ2n) is 6.92. The van der Waals surface area contributed by atoms with E-state index in [0.717, 1.165) is 33.6 Å². The number of aromatic hydroxyl groups is 1. The molecule has 0 bridgehead atoms. The summed E-state index contributed by atoms with van der Waals surface area (Å²) in [6.45, 7) is 1.15. The molecule has 0 unspecified atom stereocenters. The van der Waals surface area contributed by atoms with Gasteiger partial charge < -0.3 is 19.7 Å². The molecule has 0 atom stereocenters. The Morgan fingerprint density at radius 2 is 1.52 bits per heavy atom. The van der Waals surface area contributed by atoms with Crippen molar-refractivity contribution in [3.63, 3.8) is 0 Å². The maximum absolute atomic E-state index is 10.1. The van der Waals surface area contributed by atoms with Crippen LogP contribution in [0, 0.1) is 0 Å². The fraction of sp³-hybridized carbons (Fsp3) is 0.231. The zero-order valence-corrected chi connectivity index (χ0v) is 18.1. The minimum atomic E-state index is 0.00486. The van der Waals surface area contributed by atoms with Crippen LogP contribution in [-0.4, -0.2) is 42.5 Å². The largest absolute Gasteiger partial charge is 0.508 e. The minimum absolute atomic E-state index is 0.00486. The molecule has 0 amide bonds. The predicted octanol–water partition coefficient (Wildman–Crippen LogP) is 5.37. The highest BCUT2D eigenvalue weighted by Crippen LogP contribution is 2.36. The van der Waals surface area contributed by atoms with Crippen molar-refractivity contribution in [1.29, 1.82) is 0 Å². The monoisotopic (exact) mass is 438 g/mol. The van der Waals surface area contributed by atoms with Crippen molar-refractivity contribution < 1.29 is 19.7 Å². The number of phenols is 1. The molecule has 2 N–H and O–H groups in total. The minimum Gasteiger partial charge on any atom is -0.508 e. The Kier molecular flexibility index (Phi) is 8.98. The van der Waals surface area contributed by atoms with Crippen LogP contribution in [0.15, 0.2) is 78.9 Å². The number of alkyl halides is 1. The number of ether oxygens (including phenoxy) is 2. The molecule has 0 spiro atoms. The summed E-state index contributed by atoms with van der Waals surface area (Å²) in [5, 5.41) is 18.8. The van der Waals surface area contributed by atoms with Gasteiger partial charge in [0.2, 0.25) is 0 Å². The van der Waals surface area contributed by atoms with Gasteiger partial charge in [0, 0.05) is 5.88 Å². The van der Waals surface area contributed by atoms with E-state index in [1.54, 1.807) is 12.1 Å². The average molecular weight is 439 g/mol. The van der Waals surface area contributed by atoms with E-state index in [4.69, 9.17) is 26.2 Å². The molecule has 0 aliphatic rings. The van der Waals surface area contributed by atoms with Crippen molar-refractivity contribution in [3.8, 4) is 11.5 Å². The number of hydrogen-bond acceptors (Lipinski definition) is 4. The molecule has 3 rings (SSSR count). The Bertz CT molecular complexity index is 968. The smallest absolute Gasteiger partial charge is 0.119 e. The number of phenolic OH excluding ortho intramolecular Hbond substituents is 1. The Morgan fingerprint density at radius 3 is 2.19 bits per heavy atom. The molecule has 162 valence electrons. The predicted molar refractivity (Wildman–Crippen MR) is 126 cm³/mol. The van der Waals surface area contributed by atoms with Crippen molar-refractivity contribution in [1.82, 2.24) is 0 Å². The van der Waals surface area contributed by atoms with Crippen LogP contribution in [0.3, 0.4) is 0 Å². The van der Waals surface area contributed by atoms with Gasteiger partial charge in [-0.25, -0.2) is 0 Å². The molecule has 3 aromatic rings. The van der Waals surface area contributed by atoms with Gasteiger partial charge in [0.25, 0.3) is 0 Å². The molecule has 0 heterocycles. The highest BCUT2D eigenvalue weighted by molar-refractivity contribution is 6.18. The first-order valence-corrected chi connectivity index (χ1v) is 10.8. The third-order valence-corrected chi connectivity index (χ3v) is 4.97. The van der Waals surface area contributed by atoms with Crippen LogP contribution in [-0.2, 0) is 4.74 Å². The van der Waals surface area contributed by atoms with Crippen LogP contribution in [0.2, 0.25) is 0 Å². The lowest BCUT2D eigenvalue weighted by atomic mass is 9.88. The quantitative estimate of drug-likeness (QED) is 0.240. The van der Waals surface area contributed by atoms with Crippen molar-refractivity contribution in [2.75, 3.05) is 32.3 Å². The first-order valence-electron chi connectivity index (χ1n) is 10.3. The van der Waals surface area contributed by atoms with Crippen LogP contribution in [0.1, 0.15) is 23.1 Å². The molecule has 0 aliphatic heterocycles. The molecule has 4 nitrogen and oxygen atoms in total. The van der Waals surface area contributed by atoms with Gasteiger partial charge in [0.05, 0.1) is 19.8 Å². The number of allylic oxidation sites excluding steroid dienone is 1. The molecule has 0 aromatic heterocycles. The van der Waals surface area contributed by atoms with E-state index >= 15 is 0 Å². The number of halogens is 1. The molecule has 5 heteroatoms. The Morgan fingerprint density at radius 1 is 0.774 bits per heavy atom. The van der Waals surface area contributed by atoms with Gasteiger partial charge in [-0.05, 0) is 58.5 Å². The third-order valence-electron chi connectivity index (χ3n) is 4.78. The molecule has 0 aliphatic carbocycles. The van der Waals surface area contributed by atoms with Crippen LogP contribution < -0.4 is 4.74 Å². The summed E-state index contributed by atoms with van der Waals surface area (Å²) in [6.07, 6.45) is 0.691. The molecule has 0 saturated carbocycles. The van der Waals surface area contributed by atoms with E-state index in [9.17, 15) is 5.11 Å². The second-order valence-corrected chi connectivity index (χ2v) is 7.30. The standard InChI is InChI=1S/C26H27ClO4/c27-14-13-25(20-5-2-1-3-6-20)26(22-7-4-8-23(29)19-22)21-9-11-24(12-10-21)31-18-17-30-16-15-28/h1-12,19,28-29H,13-18H2/b26-25-. The summed E-state index contributed by atoms with van der Waals surface area (Å²) >= 11 is 6.18. The highest BCUT2D eigenvalue weighted by Gasteiger charge is 2.14. The van der Waals surface area contributed by atoms with Gasteiger partial charge in [-0.2, -0.15) is 0 Å². The maximum atomic E-state index is 10.1. The summed E-state index contributed by atoms with van der Waals surface area (Å²) in [5.74, 6) is 1.45. The lowest BCUT2D eigenvalue weighted by molar-refractivity contribution is 0.0705. The van der Waals surface area contributed by atoms with Gasteiger partial charge in [0.1, 0.15) is 18.1 Å². The van der Waals surface area contributed by atoms with E-state index in [1.165, 1.54) is 0 Å². The molecule has 0 radical (unpaired) electrons. The normalized spacial score (nSPS) is 11.8. The average Bonchev–Trinajstić information content (AvgIpc) is 2.80. The highest BCUT2D eigenvalue weighted by atomic mass is 35.5. The van der Waals surface area contributed by atoms with Gasteiger partial charge in [-0.1, -0.05) is 54.6 Å². The van der Waals surface area contributed by atoms with E-state index < -0.39 is 0 Å². The van der Waals surface area contributed by atoms with E-state index in [0.29, 0.717) is 32.1 Å². The van der Waals surface area contributed by atoms with Gasteiger partial charge in [-0.15, -0.1) is 11.6 Å². The summed E-state index contributed by atoms with van der Waals surface area (Å²) in [4.78, 5) is 0. The van der Waals surface area contributed by atoms with Crippen LogP contribution in [0.4, 0.5) is 0 Å². The SMILES string of the molecule is OCCOCCOc1ccc(/C(=C(\CCCl)c2ccccc2)c2cccc(O)c2)cc1. The Hall–Kier alpha value is -2.79. The summed E-state index contributed by atoms with van der Waals surface area (Å²) in [6, 6.07) is 25.3. The second kappa shape index (κ2) is 12.2. The van der Waals surface area contributed by atoms with Gasteiger partial charge in [-0.3, -0.25) is 0 Å². The van der Waals surface area contributed by atoms with E-state index in [-0.39, 0.29) is 12.4 Å². The van der Waals surface area contributed by atoms with Crippen molar-refractivity contribution in [2.45, 2.75) is 6.42 Å². The Labute approximate surface area is 188 Å². The molecule has 3 aromatic carbocycles. The molecular weight excluding hydrogens is 412 g/mol. The first kappa shape index (κ1) is 22.9. The van der Waals surface area contributed by atoms with E-state index in [1.807, 2.05) is 54.6 Å². The Balaban J connectivity index is 1.97. The number of aliphatic hydroxyl groups is 1. The summed E-state index contributed by atoms with van der Waals surface area (Å²) in [5.41, 5.74) is 5.18. The topological polar surface area (TPSA) is 58.9 Å². The van der Waals surface area contributed by atoms with Crippen LogP contribution in [0.5, 0.6) is 11.5 Å². The van der Waals surface area contributed by atoms with Crippen molar-refractivity contribution in [2.24, 2.45) is 0 Å². The van der Waals surface area contributed by atoms with Crippen molar-refractivity contribution >= 4 is 22.7 Å².